The van der Waals surface area contributed by atoms with Crippen molar-refractivity contribution >= 4 is 15.9 Å². The lowest BCUT2D eigenvalue weighted by molar-refractivity contribution is -0.121. The third kappa shape index (κ3) is 5.51. The van der Waals surface area contributed by atoms with E-state index >= 15 is 0 Å². The normalized spacial score (nSPS) is 22.7. The van der Waals surface area contributed by atoms with E-state index in [4.69, 9.17) is 4.74 Å². The van der Waals surface area contributed by atoms with E-state index in [1.54, 1.807) is 30.3 Å². The van der Waals surface area contributed by atoms with Gasteiger partial charge in [0.25, 0.3) is 0 Å². The van der Waals surface area contributed by atoms with Gasteiger partial charge in [0.15, 0.2) is 0 Å². The molecule has 1 N–H and O–H groups in total. The fourth-order valence-corrected chi connectivity index (χ4v) is 5.22. The molecule has 2 aliphatic heterocycles. The first kappa shape index (κ1) is 20.3. The zero-order valence-corrected chi connectivity index (χ0v) is 16.5. The van der Waals surface area contributed by atoms with Crippen LogP contribution in [0.3, 0.4) is 0 Å². The third-order valence-electron chi connectivity index (χ3n) is 5.25. The zero-order chi connectivity index (χ0) is 19.1. The summed E-state index contributed by atoms with van der Waals surface area (Å²) in [5.74, 6) is -0.0999. The first-order valence-corrected chi connectivity index (χ1v) is 11.1. The molecule has 27 heavy (non-hydrogen) atoms. The van der Waals surface area contributed by atoms with Gasteiger partial charge >= 0.3 is 0 Å². The summed E-state index contributed by atoms with van der Waals surface area (Å²) in [7, 11) is -3.59. The second-order valence-corrected chi connectivity index (χ2v) is 8.99. The van der Waals surface area contributed by atoms with Crippen molar-refractivity contribution in [1.82, 2.24) is 14.5 Å². The van der Waals surface area contributed by atoms with E-state index in [-0.39, 0.29) is 23.8 Å². The second-order valence-electron chi connectivity index (χ2n) is 7.05. The molecular weight excluding hydrogens is 366 g/mol. The highest BCUT2D eigenvalue weighted by molar-refractivity contribution is 7.89. The molecule has 0 radical (unpaired) electrons. The van der Waals surface area contributed by atoms with Crippen LogP contribution in [-0.4, -0.2) is 75.5 Å². The van der Waals surface area contributed by atoms with Gasteiger partial charge in [-0.15, -0.1) is 0 Å². The number of nitrogens with zero attached hydrogens (tertiary/aromatic N) is 2. The second kappa shape index (κ2) is 9.64. The molecule has 2 saturated heterocycles. The molecule has 8 heteroatoms. The number of rotatable bonds is 3. The van der Waals surface area contributed by atoms with E-state index in [1.165, 1.54) is 4.31 Å². The molecule has 0 spiro atoms. The summed E-state index contributed by atoms with van der Waals surface area (Å²) in [6, 6.07) is 8.89. The highest BCUT2D eigenvalue weighted by Gasteiger charge is 2.27. The number of sulfonamides is 1. The van der Waals surface area contributed by atoms with E-state index in [1.807, 2.05) is 0 Å². The molecule has 0 aliphatic carbocycles. The summed E-state index contributed by atoms with van der Waals surface area (Å²) in [6.07, 6.45) is 2.90. The van der Waals surface area contributed by atoms with Crippen molar-refractivity contribution in [3.8, 4) is 0 Å². The molecule has 7 nitrogen and oxygen atoms in total. The van der Waals surface area contributed by atoms with Gasteiger partial charge in [0, 0.05) is 51.9 Å². The van der Waals surface area contributed by atoms with Gasteiger partial charge in [-0.25, -0.2) is 8.42 Å². The largest absolute Gasteiger partial charge is 0.381 e. The minimum Gasteiger partial charge on any atom is -0.381 e. The SMILES string of the molecule is O=C1CCN(S(=O)(=O)c2ccccc2)CCCN(C2CCOCC2)CCN1. The van der Waals surface area contributed by atoms with Crippen molar-refractivity contribution in [3.63, 3.8) is 0 Å². The number of nitrogens with one attached hydrogen (secondary N) is 1. The number of hydrogen-bond acceptors (Lipinski definition) is 5. The summed E-state index contributed by atoms with van der Waals surface area (Å²) in [5, 5.41) is 2.93. The first-order valence-electron chi connectivity index (χ1n) is 9.71. The summed E-state index contributed by atoms with van der Waals surface area (Å²) in [5.41, 5.74) is 0. The fourth-order valence-electron chi connectivity index (χ4n) is 3.72. The fraction of sp³-hybridized carbons (Fsp3) is 0.632. The van der Waals surface area contributed by atoms with Crippen LogP contribution in [0.15, 0.2) is 35.2 Å². The number of ether oxygens (including phenoxy) is 1. The average Bonchev–Trinajstić information content (AvgIpc) is 2.74. The average molecular weight is 396 g/mol. The Hall–Kier alpha value is -1.48. The maximum Gasteiger partial charge on any atom is 0.243 e. The molecule has 2 heterocycles. The number of benzene rings is 1. The van der Waals surface area contributed by atoms with Crippen LogP contribution in [0.5, 0.6) is 0 Å². The first-order chi connectivity index (χ1) is 13.1. The number of hydrogen-bond donors (Lipinski definition) is 1. The predicted octanol–water partition coefficient (Wildman–Crippen LogP) is 1.07. The van der Waals surface area contributed by atoms with Gasteiger partial charge in [0.1, 0.15) is 0 Å². The van der Waals surface area contributed by atoms with Gasteiger partial charge in [-0.05, 0) is 37.9 Å². The van der Waals surface area contributed by atoms with Crippen LogP contribution in [0.2, 0.25) is 0 Å². The molecule has 1 amide bonds. The van der Waals surface area contributed by atoms with Crippen molar-refractivity contribution in [2.45, 2.75) is 36.6 Å². The van der Waals surface area contributed by atoms with Crippen molar-refractivity contribution in [2.24, 2.45) is 0 Å². The summed E-state index contributed by atoms with van der Waals surface area (Å²) in [4.78, 5) is 14.8. The quantitative estimate of drug-likeness (QED) is 0.828. The molecule has 1 aromatic rings. The maximum atomic E-state index is 13.0. The van der Waals surface area contributed by atoms with E-state index in [2.05, 4.69) is 10.2 Å². The van der Waals surface area contributed by atoms with Crippen LogP contribution < -0.4 is 5.32 Å². The molecular formula is C19H29N3O4S. The van der Waals surface area contributed by atoms with E-state index in [0.717, 1.165) is 45.6 Å². The minimum absolute atomic E-state index is 0.0999. The molecule has 2 aliphatic rings. The Bertz CT molecular complexity index is 705. The minimum atomic E-state index is -3.59. The van der Waals surface area contributed by atoms with Gasteiger partial charge in [-0.1, -0.05) is 18.2 Å². The van der Waals surface area contributed by atoms with Crippen LogP contribution in [0, 0.1) is 0 Å². The predicted molar refractivity (Wildman–Crippen MR) is 103 cm³/mol. The standard InChI is InChI=1S/C19H29N3O4S/c23-19-7-13-22(27(24,25)18-5-2-1-3-6-18)12-4-11-21(14-10-20-19)17-8-15-26-16-9-17/h1-3,5-6,17H,4,7-16H2,(H,20,23). The molecule has 0 atom stereocenters. The Morgan fingerprint density at radius 1 is 1.00 bits per heavy atom. The Morgan fingerprint density at radius 2 is 1.74 bits per heavy atom. The van der Waals surface area contributed by atoms with E-state index in [9.17, 15) is 13.2 Å². The Balaban J connectivity index is 1.72. The lowest BCUT2D eigenvalue weighted by Gasteiger charge is -2.34. The van der Waals surface area contributed by atoms with Gasteiger partial charge < -0.3 is 10.1 Å². The van der Waals surface area contributed by atoms with Gasteiger partial charge in [0.05, 0.1) is 4.90 Å². The molecule has 2 fully saturated rings. The topological polar surface area (TPSA) is 79.0 Å². The Labute approximate surface area is 161 Å². The molecule has 150 valence electrons. The van der Waals surface area contributed by atoms with Crippen molar-refractivity contribution in [3.05, 3.63) is 30.3 Å². The maximum absolute atomic E-state index is 13.0. The summed E-state index contributed by atoms with van der Waals surface area (Å²) in [6.45, 7) is 4.37. The summed E-state index contributed by atoms with van der Waals surface area (Å²) >= 11 is 0. The van der Waals surface area contributed by atoms with Crippen LogP contribution >= 0.6 is 0 Å². The van der Waals surface area contributed by atoms with Gasteiger partial charge in [-0.3, -0.25) is 9.69 Å². The molecule has 0 saturated carbocycles. The van der Waals surface area contributed by atoms with Crippen molar-refractivity contribution < 1.29 is 17.9 Å². The molecule has 0 bridgehead atoms. The van der Waals surface area contributed by atoms with Crippen LogP contribution in [0.25, 0.3) is 0 Å². The van der Waals surface area contributed by atoms with Gasteiger partial charge in [0.2, 0.25) is 15.9 Å². The summed E-state index contributed by atoms with van der Waals surface area (Å²) < 4.78 is 32.9. The molecule has 3 rings (SSSR count). The third-order valence-corrected chi connectivity index (χ3v) is 7.16. The highest BCUT2D eigenvalue weighted by Crippen LogP contribution is 2.18. The van der Waals surface area contributed by atoms with Gasteiger partial charge in [-0.2, -0.15) is 4.31 Å². The van der Waals surface area contributed by atoms with E-state index < -0.39 is 10.0 Å². The lowest BCUT2D eigenvalue weighted by atomic mass is 10.1. The Morgan fingerprint density at radius 3 is 2.48 bits per heavy atom. The lowest BCUT2D eigenvalue weighted by Crippen LogP contribution is -2.44. The molecule has 1 aromatic carbocycles. The molecule has 0 unspecified atom stereocenters. The van der Waals surface area contributed by atoms with Crippen LogP contribution in [0.1, 0.15) is 25.7 Å². The van der Waals surface area contributed by atoms with E-state index in [0.29, 0.717) is 19.1 Å². The van der Waals surface area contributed by atoms with Crippen LogP contribution in [0.4, 0.5) is 0 Å². The van der Waals surface area contributed by atoms with Crippen LogP contribution in [-0.2, 0) is 19.6 Å². The number of amides is 1. The number of carbonyl (C=O) groups is 1. The number of carbonyl (C=O) groups excluding carboxylic acids is 1. The highest BCUT2D eigenvalue weighted by atomic mass is 32.2. The smallest absolute Gasteiger partial charge is 0.243 e. The molecule has 0 aromatic heterocycles. The zero-order valence-electron chi connectivity index (χ0n) is 15.7. The monoisotopic (exact) mass is 395 g/mol. The van der Waals surface area contributed by atoms with Crippen molar-refractivity contribution in [2.75, 3.05) is 45.9 Å². The van der Waals surface area contributed by atoms with Crippen molar-refractivity contribution in [1.29, 1.82) is 0 Å². The Kier molecular flexibility index (Phi) is 7.23.